The number of aromatic hydroxyl groups is 2. The SMILES string of the molecule is Oc1ccc2ccc3c(c2c1)C(c1ccccc1)(c1ccccc1)c1c(ccc2ccc(O)cc12)O3. The number of hydrogen-bond acceptors (Lipinski definition) is 3. The Hall–Kier alpha value is -4.76. The second kappa shape index (κ2) is 7.62. The summed E-state index contributed by atoms with van der Waals surface area (Å²) in [7, 11) is 0. The van der Waals surface area contributed by atoms with Gasteiger partial charge in [0.1, 0.15) is 23.0 Å². The number of rotatable bonds is 2. The first-order chi connectivity index (χ1) is 17.7. The Morgan fingerprint density at radius 2 is 0.889 bits per heavy atom. The fraction of sp³-hybridized carbons (Fsp3) is 0.0303. The number of phenols is 2. The third kappa shape index (κ3) is 2.80. The van der Waals surface area contributed by atoms with Crippen LogP contribution in [0.25, 0.3) is 21.5 Å². The Labute approximate surface area is 208 Å². The van der Waals surface area contributed by atoms with Gasteiger partial charge in [0.2, 0.25) is 0 Å². The van der Waals surface area contributed by atoms with E-state index in [9.17, 15) is 10.2 Å². The van der Waals surface area contributed by atoms with Crippen LogP contribution >= 0.6 is 0 Å². The monoisotopic (exact) mass is 466 g/mol. The predicted octanol–water partition coefficient (Wildman–Crippen LogP) is 7.89. The molecule has 0 fully saturated rings. The zero-order valence-corrected chi connectivity index (χ0v) is 19.3. The van der Waals surface area contributed by atoms with Gasteiger partial charge in [-0.25, -0.2) is 0 Å². The van der Waals surface area contributed by atoms with Crippen LogP contribution in [-0.4, -0.2) is 10.2 Å². The lowest BCUT2D eigenvalue weighted by Gasteiger charge is -2.43. The van der Waals surface area contributed by atoms with Crippen molar-refractivity contribution in [2.24, 2.45) is 0 Å². The Bertz CT molecular complexity index is 1640. The fourth-order valence-corrected chi connectivity index (χ4v) is 5.88. The van der Waals surface area contributed by atoms with Crippen LogP contribution in [0.15, 0.2) is 121 Å². The van der Waals surface area contributed by atoms with Gasteiger partial charge in [-0.1, -0.05) is 84.9 Å². The highest BCUT2D eigenvalue weighted by molar-refractivity contribution is 5.98. The molecule has 36 heavy (non-hydrogen) atoms. The van der Waals surface area contributed by atoms with E-state index in [4.69, 9.17) is 4.74 Å². The highest BCUT2D eigenvalue weighted by Gasteiger charge is 2.47. The van der Waals surface area contributed by atoms with Crippen molar-refractivity contribution in [1.82, 2.24) is 0 Å². The third-order valence-corrected chi connectivity index (χ3v) is 7.32. The van der Waals surface area contributed by atoms with Crippen molar-refractivity contribution in [1.29, 1.82) is 0 Å². The van der Waals surface area contributed by atoms with Gasteiger partial charge in [0.15, 0.2) is 0 Å². The maximum absolute atomic E-state index is 10.6. The normalized spacial score (nSPS) is 13.7. The summed E-state index contributed by atoms with van der Waals surface area (Å²) >= 11 is 0. The minimum absolute atomic E-state index is 0.201. The lowest BCUT2D eigenvalue weighted by Crippen LogP contribution is -2.34. The second-order valence-electron chi connectivity index (χ2n) is 9.27. The van der Waals surface area contributed by atoms with E-state index < -0.39 is 5.41 Å². The van der Waals surface area contributed by atoms with Crippen LogP contribution in [0.2, 0.25) is 0 Å². The zero-order chi connectivity index (χ0) is 24.3. The minimum atomic E-state index is -0.772. The first kappa shape index (κ1) is 20.6. The first-order valence-electron chi connectivity index (χ1n) is 12.0. The molecular weight excluding hydrogens is 444 g/mol. The van der Waals surface area contributed by atoms with E-state index in [2.05, 4.69) is 48.5 Å². The van der Waals surface area contributed by atoms with Crippen LogP contribution in [0.5, 0.6) is 23.0 Å². The summed E-state index contributed by atoms with van der Waals surface area (Å²) in [6.45, 7) is 0. The standard InChI is InChI=1S/C33H22O3/c34-25-15-11-21-13-17-29-31(27(21)19-25)33(23-7-3-1-4-8-23,24-9-5-2-6-10-24)32-28-20-26(35)16-12-22(28)14-18-30(32)36-29/h1-20,34-35H. The van der Waals surface area contributed by atoms with E-state index in [1.807, 2.05) is 60.7 Å². The molecule has 1 aliphatic rings. The van der Waals surface area contributed by atoms with Crippen molar-refractivity contribution in [2.45, 2.75) is 5.41 Å². The van der Waals surface area contributed by atoms with Gasteiger partial charge in [-0.05, 0) is 69.1 Å². The maximum Gasteiger partial charge on any atom is 0.132 e. The second-order valence-corrected chi connectivity index (χ2v) is 9.27. The van der Waals surface area contributed by atoms with E-state index in [-0.39, 0.29) is 11.5 Å². The lowest BCUT2D eigenvalue weighted by molar-refractivity contribution is 0.438. The molecule has 6 aromatic carbocycles. The first-order valence-corrected chi connectivity index (χ1v) is 12.0. The van der Waals surface area contributed by atoms with Crippen molar-refractivity contribution >= 4 is 21.5 Å². The molecule has 1 heterocycles. The maximum atomic E-state index is 10.6. The molecule has 0 saturated carbocycles. The van der Waals surface area contributed by atoms with Crippen LogP contribution in [0.4, 0.5) is 0 Å². The average Bonchev–Trinajstić information content (AvgIpc) is 2.92. The molecule has 0 amide bonds. The van der Waals surface area contributed by atoms with Gasteiger partial charge < -0.3 is 14.9 Å². The molecule has 1 aliphatic heterocycles. The molecule has 0 spiro atoms. The molecule has 0 aromatic heterocycles. The highest BCUT2D eigenvalue weighted by Crippen LogP contribution is 2.59. The van der Waals surface area contributed by atoms with Crippen LogP contribution < -0.4 is 4.74 Å². The summed E-state index contributed by atoms with van der Waals surface area (Å²) in [5.74, 6) is 1.89. The van der Waals surface area contributed by atoms with Gasteiger partial charge in [0.25, 0.3) is 0 Å². The fourth-order valence-electron chi connectivity index (χ4n) is 5.88. The van der Waals surface area contributed by atoms with Crippen LogP contribution in [0.1, 0.15) is 22.3 Å². The van der Waals surface area contributed by atoms with E-state index >= 15 is 0 Å². The summed E-state index contributed by atoms with van der Waals surface area (Å²) in [5.41, 5.74) is 3.32. The molecule has 2 N–H and O–H groups in total. The zero-order valence-electron chi connectivity index (χ0n) is 19.3. The molecule has 0 atom stereocenters. The van der Waals surface area contributed by atoms with Gasteiger partial charge in [-0.15, -0.1) is 0 Å². The van der Waals surface area contributed by atoms with Crippen LogP contribution in [-0.2, 0) is 5.41 Å². The number of ether oxygens (including phenoxy) is 1. The van der Waals surface area contributed by atoms with Gasteiger partial charge in [-0.2, -0.15) is 0 Å². The van der Waals surface area contributed by atoms with Gasteiger partial charge in [0, 0.05) is 11.1 Å². The van der Waals surface area contributed by atoms with Gasteiger partial charge in [0.05, 0.1) is 5.41 Å². The molecule has 6 aromatic rings. The van der Waals surface area contributed by atoms with E-state index in [1.165, 1.54) is 0 Å². The van der Waals surface area contributed by atoms with Crippen molar-refractivity contribution in [2.75, 3.05) is 0 Å². The van der Waals surface area contributed by atoms with Crippen molar-refractivity contribution in [3.63, 3.8) is 0 Å². The van der Waals surface area contributed by atoms with Crippen molar-refractivity contribution in [3.8, 4) is 23.0 Å². The molecule has 3 heteroatoms. The quantitative estimate of drug-likeness (QED) is 0.272. The Kier molecular flexibility index (Phi) is 4.36. The summed E-state index contributed by atoms with van der Waals surface area (Å²) in [6.07, 6.45) is 0. The molecule has 0 saturated heterocycles. The van der Waals surface area contributed by atoms with E-state index in [0.717, 1.165) is 55.3 Å². The minimum Gasteiger partial charge on any atom is -0.508 e. The molecule has 0 unspecified atom stereocenters. The van der Waals surface area contributed by atoms with Gasteiger partial charge in [-0.3, -0.25) is 0 Å². The summed E-state index contributed by atoms with van der Waals surface area (Å²) in [4.78, 5) is 0. The Morgan fingerprint density at radius 1 is 0.472 bits per heavy atom. The van der Waals surface area contributed by atoms with Crippen molar-refractivity contribution < 1.29 is 14.9 Å². The molecule has 172 valence electrons. The Balaban J connectivity index is 1.78. The smallest absolute Gasteiger partial charge is 0.132 e. The number of fused-ring (bicyclic) bond motifs is 6. The van der Waals surface area contributed by atoms with Gasteiger partial charge >= 0.3 is 0 Å². The molecule has 3 nitrogen and oxygen atoms in total. The number of benzene rings is 6. The number of phenolic OH excluding ortho intramolecular Hbond substituents is 2. The topological polar surface area (TPSA) is 49.7 Å². The van der Waals surface area contributed by atoms with Crippen LogP contribution in [0, 0.1) is 0 Å². The van der Waals surface area contributed by atoms with E-state index in [0.29, 0.717) is 0 Å². The molecular formula is C33H22O3. The van der Waals surface area contributed by atoms with Crippen molar-refractivity contribution in [3.05, 3.63) is 144 Å². The largest absolute Gasteiger partial charge is 0.508 e. The molecule has 0 radical (unpaired) electrons. The van der Waals surface area contributed by atoms with E-state index in [1.54, 1.807) is 12.1 Å². The van der Waals surface area contributed by atoms with Crippen LogP contribution in [0.3, 0.4) is 0 Å². The average molecular weight is 467 g/mol. The molecule has 0 bridgehead atoms. The molecule has 0 aliphatic carbocycles. The highest BCUT2D eigenvalue weighted by atomic mass is 16.5. The predicted molar refractivity (Wildman–Crippen MR) is 143 cm³/mol. The molecule has 7 rings (SSSR count). The summed E-state index contributed by atoms with van der Waals surface area (Å²) < 4.78 is 6.61. The third-order valence-electron chi connectivity index (χ3n) is 7.32. The number of hydrogen-bond donors (Lipinski definition) is 2. The Morgan fingerprint density at radius 3 is 1.33 bits per heavy atom. The summed E-state index contributed by atoms with van der Waals surface area (Å²) in [6, 6.07) is 39.9. The summed E-state index contributed by atoms with van der Waals surface area (Å²) in [5, 5.41) is 25.0. The lowest BCUT2D eigenvalue weighted by atomic mass is 9.61.